The number of esters is 5. The average molecular weight is 1090 g/mol. The number of ether oxygens (including phenoxy) is 7. The Morgan fingerprint density at radius 1 is 0.397 bits per heavy atom. The Bertz CT molecular complexity index is 3710. The second-order valence-electron chi connectivity index (χ2n) is 16.6. The van der Waals surface area contributed by atoms with Crippen LogP contribution in [0.15, 0.2) is 42.5 Å². The SMILES string of the molecule is O=C(O)c1cc(O)c(O)c(Oc2c(C(=O)OC3O[C@@H]4OC(=O)c5cc(O)c(O)c(O)c5-c5c(cc(O)c(O)c5O)C(=O)OC4C4OC(=O)c5cc(O)c(O)c(O)c5-c5c(cc(O)c(O)c5O)C(=O)O[C@@H]34)cc(O)c(O)c2O)c1. The van der Waals surface area contributed by atoms with Crippen molar-refractivity contribution in [1.82, 2.24) is 0 Å². The minimum atomic E-state index is -2.93. The summed E-state index contributed by atoms with van der Waals surface area (Å²) in [5.74, 6) is -38.2. The molecule has 9 rings (SSSR count). The molecule has 1 saturated heterocycles. The molecule has 0 aromatic heterocycles. The molecule has 0 saturated carbocycles. The quantitative estimate of drug-likeness (QED) is 0.0670. The molecule has 3 unspecified atom stereocenters. The first-order valence-electron chi connectivity index (χ1n) is 21.2. The standard InChI is InChI=1S/C47H30O31/c48-14-1-8(40(65)66)2-20(25(14)54)72-36-13(7-19(53)30(59)35(36)64)45(71)77-47-39-37(73-41(67)9-3-15(49)26(55)31(60)21(9)22-10(42(68)75-39)4-16(50)27(56)32(22)61)38-46(78-47)76-44(70)12-6-18(52)29(58)34(63)24(12)23-11(43(69)74-38)5-17(51)28(57)33(23)62/h1-7,37-39,46-64H,(H,65,66)/t37?,38?,39-,46+,47?/m1/s1. The predicted molar refractivity (Wildman–Crippen MR) is 239 cm³/mol. The molecule has 6 aromatic rings. The molecule has 3 aliphatic heterocycles. The van der Waals surface area contributed by atoms with Gasteiger partial charge in [0.25, 0.3) is 0 Å². The molecule has 1 fully saturated rings. The number of rotatable bonds is 5. The maximum atomic E-state index is 14.6. The number of benzene rings is 6. The van der Waals surface area contributed by atoms with Crippen LogP contribution in [0, 0.1) is 0 Å². The molecular weight excluding hydrogens is 1060 g/mol. The summed E-state index contributed by atoms with van der Waals surface area (Å²) in [6.07, 6.45) is -14.1. The lowest BCUT2D eigenvalue weighted by molar-refractivity contribution is -0.322. The van der Waals surface area contributed by atoms with Crippen molar-refractivity contribution in [2.24, 2.45) is 0 Å². The van der Waals surface area contributed by atoms with E-state index >= 15 is 0 Å². The van der Waals surface area contributed by atoms with Crippen LogP contribution in [0.4, 0.5) is 0 Å². The molecule has 0 aliphatic carbocycles. The molecule has 6 aromatic carbocycles. The molecular formula is C47H30O31. The zero-order valence-corrected chi connectivity index (χ0v) is 37.8. The fourth-order valence-corrected chi connectivity index (χ4v) is 8.27. The number of carbonyl (C=O) groups is 6. The fraction of sp³-hybridized carbons (Fsp3) is 0.106. The third-order valence-electron chi connectivity index (χ3n) is 12.0. The van der Waals surface area contributed by atoms with Crippen molar-refractivity contribution < 1.29 is 154 Å². The van der Waals surface area contributed by atoms with Crippen molar-refractivity contribution in [2.45, 2.75) is 30.9 Å². The van der Waals surface area contributed by atoms with Gasteiger partial charge in [-0.25, -0.2) is 28.8 Å². The summed E-state index contributed by atoms with van der Waals surface area (Å²) < 4.78 is 38.9. The van der Waals surface area contributed by atoms with Gasteiger partial charge in [-0.3, -0.25) is 4.74 Å². The smallest absolute Gasteiger partial charge is 0.344 e. The van der Waals surface area contributed by atoms with E-state index in [0.717, 1.165) is 0 Å². The van der Waals surface area contributed by atoms with Gasteiger partial charge < -0.3 is 120 Å². The first-order chi connectivity index (χ1) is 36.6. The monoisotopic (exact) mass is 1090 g/mol. The van der Waals surface area contributed by atoms with Gasteiger partial charge in [0.15, 0.2) is 75.1 Å². The summed E-state index contributed by atoms with van der Waals surface area (Å²) in [6, 6.07) is 2.64. The van der Waals surface area contributed by atoms with Crippen LogP contribution in [0.1, 0.15) is 62.1 Å². The van der Waals surface area contributed by atoms with E-state index in [2.05, 4.69) is 0 Å². The van der Waals surface area contributed by atoms with Crippen molar-refractivity contribution in [3.8, 4) is 131 Å². The van der Waals surface area contributed by atoms with Crippen molar-refractivity contribution in [1.29, 1.82) is 0 Å². The van der Waals surface area contributed by atoms with Crippen molar-refractivity contribution in [3.63, 3.8) is 0 Å². The maximum Gasteiger partial charge on any atom is 0.344 e. The largest absolute Gasteiger partial charge is 0.504 e. The number of carboxylic acids is 1. The maximum absolute atomic E-state index is 14.6. The number of phenolic OH excluding ortho intramolecular Hbond substituents is 17. The van der Waals surface area contributed by atoms with Crippen molar-refractivity contribution >= 4 is 35.8 Å². The van der Waals surface area contributed by atoms with Gasteiger partial charge in [-0.15, -0.1) is 0 Å². The molecule has 3 heterocycles. The summed E-state index contributed by atoms with van der Waals surface area (Å²) in [6.45, 7) is 0. The van der Waals surface area contributed by atoms with Crippen LogP contribution in [-0.2, 0) is 28.4 Å². The average Bonchev–Trinajstić information content (AvgIpc) is 3.59. The summed E-state index contributed by atoms with van der Waals surface area (Å²) in [4.78, 5) is 84.4. The molecule has 78 heavy (non-hydrogen) atoms. The minimum absolute atomic E-state index is 0.267. The zero-order chi connectivity index (χ0) is 57.0. The van der Waals surface area contributed by atoms with Crippen LogP contribution in [0.5, 0.6) is 109 Å². The molecule has 31 nitrogen and oxygen atoms in total. The summed E-state index contributed by atoms with van der Waals surface area (Å²) in [5, 5.41) is 192. The number of fused-ring (bicyclic) bond motifs is 9. The van der Waals surface area contributed by atoms with Crippen LogP contribution < -0.4 is 4.74 Å². The Morgan fingerprint density at radius 2 is 0.756 bits per heavy atom. The zero-order valence-electron chi connectivity index (χ0n) is 37.8. The summed E-state index contributed by atoms with van der Waals surface area (Å²) in [5.41, 5.74) is -11.6. The Hall–Kier alpha value is -11.5. The van der Waals surface area contributed by atoms with Gasteiger partial charge >= 0.3 is 35.8 Å². The van der Waals surface area contributed by atoms with E-state index in [-0.39, 0.29) is 6.07 Å². The molecule has 0 radical (unpaired) electrons. The second-order valence-corrected chi connectivity index (χ2v) is 16.6. The lowest BCUT2D eigenvalue weighted by Crippen LogP contribution is -2.63. The van der Waals surface area contributed by atoms with E-state index in [1.165, 1.54) is 0 Å². The first kappa shape index (κ1) is 51.4. The van der Waals surface area contributed by atoms with Gasteiger partial charge in [0.1, 0.15) is 5.56 Å². The number of hydrogen-bond acceptors (Lipinski definition) is 30. The Kier molecular flexibility index (Phi) is 12.0. The highest BCUT2D eigenvalue weighted by Gasteiger charge is 2.57. The van der Waals surface area contributed by atoms with Gasteiger partial charge in [-0.2, -0.15) is 0 Å². The van der Waals surface area contributed by atoms with Crippen LogP contribution in [0.2, 0.25) is 0 Å². The fourth-order valence-electron chi connectivity index (χ4n) is 8.27. The van der Waals surface area contributed by atoms with Gasteiger partial charge in [-0.1, -0.05) is 0 Å². The van der Waals surface area contributed by atoms with E-state index in [1.807, 2.05) is 0 Å². The topological polar surface area (TPSA) is 531 Å². The van der Waals surface area contributed by atoms with E-state index in [4.69, 9.17) is 33.2 Å². The van der Waals surface area contributed by atoms with Gasteiger partial charge in [0.2, 0.25) is 65.0 Å². The second kappa shape index (κ2) is 18.2. The van der Waals surface area contributed by atoms with E-state index in [9.17, 15) is 121 Å². The molecule has 3 aliphatic rings. The number of hydrogen-bond donors (Lipinski definition) is 18. The number of phenols is 17. The highest BCUT2D eigenvalue weighted by molar-refractivity contribution is 6.10. The van der Waals surface area contributed by atoms with Crippen molar-refractivity contribution in [3.05, 3.63) is 75.8 Å². The van der Waals surface area contributed by atoms with Gasteiger partial charge in [-0.05, 0) is 36.4 Å². The van der Waals surface area contributed by atoms with E-state index < -0.39 is 232 Å². The van der Waals surface area contributed by atoms with Crippen LogP contribution in [-0.4, -0.2) is 159 Å². The minimum Gasteiger partial charge on any atom is -0.504 e. The highest BCUT2D eigenvalue weighted by atomic mass is 16.8. The Balaban J connectivity index is 1.27. The molecule has 31 heteroatoms. The Labute approximate surface area is 427 Å². The first-order valence-corrected chi connectivity index (χ1v) is 21.2. The lowest BCUT2D eigenvalue weighted by atomic mass is 9.91. The molecule has 0 amide bonds. The number of aromatic carboxylic acids is 1. The molecule has 18 N–H and O–H groups in total. The van der Waals surface area contributed by atoms with Crippen LogP contribution in [0.3, 0.4) is 0 Å². The van der Waals surface area contributed by atoms with Crippen LogP contribution >= 0.6 is 0 Å². The lowest BCUT2D eigenvalue weighted by Gasteiger charge is -2.44. The van der Waals surface area contributed by atoms with Gasteiger partial charge in [0.05, 0.1) is 27.8 Å². The normalized spacial score (nSPS) is 18.6. The molecule has 0 bridgehead atoms. The molecule has 0 spiro atoms. The number of aromatic hydroxyl groups is 17. The third kappa shape index (κ3) is 7.98. The van der Waals surface area contributed by atoms with Gasteiger partial charge in [0, 0.05) is 28.3 Å². The third-order valence-corrected chi connectivity index (χ3v) is 12.0. The molecule has 404 valence electrons. The Morgan fingerprint density at radius 3 is 1.18 bits per heavy atom. The summed E-state index contributed by atoms with van der Waals surface area (Å²) >= 11 is 0. The van der Waals surface area contributed by atoms with Crippen LogP contribution in [0.25, 0.3) is 22.3 Å². The van der Waals surface area contributed by atoms with Crippen molar-refractivity contribution in [2.75, 3.05) is 0 Å². The predicted octanol–water partition coefficient (Wildman–Crippen LogP) is 2.51. The highest BCUT2D eigenvalue weighted by Crippen LogP contribution is 2.56. The van der Waals surface area contributed by atoms with E-state index in [0.29, 0.717) is 36.4 Å². The van der Waals surface area contributed by atoms with E-state index in [1.54, 1.807) is 0 Å². The molecule has 5 atom stereocenters. The number of carboxylic acid groups (broad SMARTS) is 1. The number of carbonyl (C=O) groups excluding carboxylic acids is 5. The summed E-state index contributed by atoms with van der Waals surface area (Å²) in [7, 11) is 0.